The third kappa shape index (κ3) is 2.64. The van der Waals surface area contributed by atoms with Gasteiger partial charge in [-0.3, -0.25) is 14.0 Å². The summed E-state index contributed by atoms with van der Waals surface area (Å²) in [6, 6.07) is 8.14. The molecule has 0 aliphatic carbocycles. The van der Waals surface area contributed by atoms with Crippen LogP contribution in [0.3, 0.4) is 0 Å². The minimum atomic E-state index is -1.05. The molecule has 0 saturated heterocycles. The van der Waals surface area contributed by atoms with Gasteiger partial charge in [-0.25, -0.2) is 13.8 Å². The summed E-state index contributed by atoms with van der Waals surface area (Å²) in [7, 11) is 0. The van der Waals surface area contributed by atoms with Crippen molar-refractivity contribution in [1.29, 1.82) is 0 Å². The van der Waals surface area contributed by atoms with Crippen LogP contribution in [-0.2, 0) is 0 Å². The third-order valence-electron chi connectivity index (χ3n) is 3.93. The number of aromatic nitrogens is 2. The molecule has 1 amide bonds. The van der Waals surface area contributed by atoms with Crippen LogP contribution in [0.4, 0.5) is 14.5 Å². The molecule has 26 heavy (non-hydrogen) atoms. The highest BCUT2D eigenvalue weighted by atomic mass is 32.1. The maximum Gasteiger partial charge on any atom is 0.266 e. The Labute approximate surface area is 149 Å². The maximum atomic E-state index is 13.3. The number of pyridine rings is 1. The van der Waals surface area contributed by atoms with Crippen LogP contribution >= 0.6 is 11.3 Å². The van der Waals surface area contributed by atoms with Crippen LogP contribution in [0, 0.1) is 18.6 Å². The molecule has 0 spiro atoms. The molecular weight excluding hydrogens is 360 g/mol. The molecule has 0 aliphatic heterocycles. The number of benzene rings is 1. The van der Waals surface area contributed by atoms with Gasteiger partial charge in [-0.1, -0.05) is 6.07 Å². The SMILES string of the molecule is Cc1cccn2c(=O)c3cc(C(=O)Nc4ccc(F)c(F)c4)sc3nc12. The molecule has 130 valence electrons. The Bertz CT molecular complexity index is 1250. The molecule has 0 aliphatic rings. The van der Waals surface area contributed by atoms with E-state index in [1.54, 1.807) is 12.3 Å². The number of hydrogen-bond donors (Lipinski definition) is 1. The van der Waals surface area contributed by atoms with Gasteiger partial charge in [-0.15, -0.1) is 11.3 Å². The molecule has 4 rings (SSSR count). The van der Waals surface area contributed by atoms with E-state index < -0.39 is 17.5 Å². The van der Waals surface area contributed by atoms with Gasteiger partial charge in [0.05, 0.1) is 10.3 Å². The molecule has 4 aromatic rings. The number of nitrogens with zero attached hydrogens (tertiary/aromatic N) is 2. The molecule has 1 N–H and O–H groups in total. The van der Waals surface area contributed by atoms with Crippen LogP contribution in [-0.4, -0.2) is 15.3 Å². The minimum absolute atomic E-state index is 0.122. The number of hydrogen-bond acceptors (Lipinski definition) is 4. The van der Waals surface area contributed by atoms with Crippen LogP contribution in [0.1, 0.15) is 15.2 Å². The first kappa shape index (κ1) is 16.3. The second-order valence-electron chi connectivity index (χ2n) is 5.71. The largest absolute Gasteiger partial charge is 0.321 e. The molecular formula is C18H11F2N3O2S. The van der Waals surface area contributed by atoms with E-state index in [1.165, 1.54) is 16.5 Å². The highest BCUT2D eigenvalue weighted by molar-refractivity contribution is 7.20. The molecule has 8 heteroatoms. The third-order valence-corrected chi connectivity index (χ3v) is 4.96. The zero-order valence-electron chi connectivity index (χ0n) is 13.4. The van der Waals surface area contributed by atoms with Gasteiger partial charge in [0.15, 0.2) is 11.6 Å². The number of nitrogens with one attached hydrogen (secondary N) is 1. The van der Waals surface area contributed by atoms with E-state index in [-0.39, 0.29) is 16.1 Å². The predicted octanol–water partition coefficient (Wildman–Crippen LogP) is 3.75. The number of carbonyl (C=O) groups is 1. The normalized spacial score (nSPS) is 11.2. The van der Waals surface area contributed by atoms with Gasteiger partial charge in [0, 0.05) is 18.0 Å². The molecule has 1 aromatic carbocycles. The second kappa shape index (κ2) is 5.99. The first-order chi connectivity index (χ1) is 12.4. The van der Waals surface area contributed by atoms with Crippen molar-refractivity contribution in [3.05, 3.63) is 75.0 Å². The molecule has 0 bridgehead atoms. The van der Waals surface area contributed by atoms with Crippen molar-refractivity contribution in [3.63, 3.8) is 0 Å². The Morgan fingerprint density at radius 2 is 2.00 bits per heavy atom. The highest BCUT2D eigenvalue weighted by Gasteiger charge is 2.16. The summed E-state index contributed by atoms with van der Waals surface area (Å²) in [5.74, 6) is -2.57. The van der Waals surface area contributed by atoms with Crippen molar-refractivity contribution >= 4 is 38.8 Å². The van der Waals surface area contributed by atoms with Gasteiger partial charge in [0.2, 0.25) is 0 Å². The van der Waals surface area contributed by atoms with Crippen LogP contribution in [0.25, 0.3) is 15.9 Å². The standard InChI is InChI=1S/C18H11F2N3O2S/c1-9-3-2-6-23-15(9)22-17-11(18(23)25)8-14(26-17)16(24)21-10-4-5-12(19)13(20)7-10/h2-8H,1H3,(H,21,24). The molecule has 0 atom stereocenters. The van der Waals surface area contributed by atoms with Crippen molar-refractivity contribution < 1.29 is 13.6 Å². The van der Waals surface area contributed by atoms with E-state index in [9.17, 15) is 18.4 Å². The van der Waals surface area contributed by atoms with Gasteiger partial charge < -0.3 is 5.32 Å². The molecule has 0 radical (unpaired) electrons. The molecule has 0 saturated carbocycles. The summed E-state index contributed by atoms with van der Waals surface area (Å²) in [4.78, 5) is 30.2. The fourth-order valence-corrected chi connectivity index (χ4v) is 3.55. The first-order valence-electron chi connectivity index (χ1n) is 7.62. The maximum absolute atomic E-state index is 13.3. The van der Waals surface area contributed by atoms with Crippen LogP contribution in [0.5, 0.6) is 0 Å². The van der Waals surface area contributed by atoms with Crippen LogP contribution in [0.2, 0.25) is 0 Å². The summed E-state index contributed by atoms with van der Waals surface area (Å²) < 4.78 is 27.7. The molecule has 3 aromatic heterocycles. The second-order valence-corrected chi connectivity index (χ2v) is 6.74. The van der Waals surface area contributed by atoms with Crippen molar-refractivity contribution in [1.82, 2.24) is 9.38 Å². The smallest absolute Gasteiger partial charge is 0.266 e. The number of thiophene rings is 1. The molecule has 3 heterocycles. The molecule has 5 nitrogen and oxygen atoms in total. The van der Waals surface area contributed by atoms with E-state index in [0.717, 1.165) is 29.0 Å². The van der Waals surface area contributed by atoms with E-state index in [4.69, 9.17) is 0 Å². The number of fused-ring (bicyclic) bond motifs is 2. The van der Waals surface area contributed by atoms with Crippen molar-refractivity contribution in [2.45, 2.75) is 6.92 Å². The summed E-state index contributed by atoms with van der Waals surface area (Å²) >= 11 is 1.07. The highest BCUT2D eigenvalue weighted by Crippen LogP contribution is 2.24. The average molecular weight is 371 g/mol. The van der Waals surface area contributed by atoms with Gasteiger partial charge in [-0.05, 0) is 36.8 Å². The van der Waals surface area contributed by atoms with Crippen LogP contribution < -0.4 is 10.9 Å². The Morgan fingerprint density at radius 3 is 2.77 bits per heavy atom. The first-order valence-corrected chi connectivity index (χ1v) is 8.43. The number of amides is 1. The van der Waals surface area contributed by atoms with E-state index in [0.29, 0.717) is 15.9 Å². The zero-order valence-corrected chi connectivity index (χ0v) is 14.2. The van der Waals surface area contributed by atoms with Gasteiger partial charge in [-0.2, -0.15) is 0 Å². The lowest BCUT2D eigenvalue weighted by atomic mass is 10.2. The van der Waals surface area contributed by atoms with E-state index in [2.05, 4.69) is 10.3 Å². The predicted molar refractivity (Wildman–Crippen MR) is 95.9 cm³/mol. The topological polar surface area (TPSA) is 63.5 Å². The Kier molecular flexibility index (Phi) is 3.77. The summed E-state index contributed by atoms with van der Waals surface area (Å²) in [5, 5.41) is 2.82. The van der Waals surface area contributed by atoms with E-state index in [1.807, 2.05) is 13.0 Å². The monoisotopic (exact) mass is 371 g/mol. The summed E-state index contributed by atoms with van der Waals surface area (Å²) in [6.07, 6.45) is 1.62. The average Bonchev–Trinajstić information content (AvgIpc) is 3.04. The Balaban J connectivity index is 1.77. The molecule has 0 unspecified atom stereocenters. The number of anilines is 1. The minimum Gasteiger partial charge on any atom is -0.321 e. The lowest BCUT2D eigenvalue weighted by molar-refractivity contribution is 0.103. The quantitative estimate of drug-likeness (QED) is 0.584. The fraction of sp³-hybridized carbons (Fsp3) is 0.0556. The fourth-order valence-electron chi connectivity index (χ4n) is 2.64. The van der Waals surface area contributed by atoms with Gasteiger partial charge in [0.1, 0.15) is 10.5 Å². The molecule has 0 fully saturated rings. The van der Waals surface area contributed by atoms with Gasteiger partial charge in [0.25, 0.3) is 11.5 Å². The lowest BCUT2D eigenvalue weighted by Gasteiger charge is -2.03. The zero-order chi connectivity index (χ0) is 18.4. The van der Waals surface area contributed by atoms with Crippen LogP contribution in [0.15, 0.2) is 47.4 Å². The van der Waals surface area contributed by atoms with E-state index >= 15 is 0 Å². The number of carbonyl (C=O) groups excluding carboxylic acids is 1. The summed E-state index contributed by atoms with van der Waals surface area (Å²) in [6.45, 7) is 1.85. The summed E-state index contributed by atoms with van der Waals surface area (Å²) in [5.41, 5.74) is 1.22. The number of halogens is 2. The Morgan fingerprint density at radius 1 is 1.19 bits per heavy atom. The van der Waals surface area contributed by atoms with Crippen molar-refractivity contribution in [2.75, 3.05) is 5.32 Å². The Hall–Kier alpha value is -3.13. The van der Waals surface area contributed by atoms with Crippen molar-refractivity contribution in [3.8, 4) is 0 Å². The lowest BCUT2D eigenvalue weighted by Crippen LogP contribution is -2.14. The van der Waals surface area contributed by atoms with Gasteiger partial charge >= 0.3 is 0 Å². The number of aryl methyl sites for hydroxylation is 1. The van der Waals surface area contributed by atoms with Crippen molar-refractivity contribution in [2.24, 2.45) is 0 Å². The number of rotatable bonds is 2.